The molecule has 0 spiro atoms. The zero-order chi connectivity index (χ0) is 23.9. The van der Waals surface area contributed by atoms with Gasteiger partial charge in [-0.15, -0.1) is 0 Å². The van der Waals surface area contributed by atoms with Gasteiger partial charge in [-0.3, -0.25) is 4.79 Å². The molecule has 3 aromatic rings. The fraction of sp³-hybridized carbons (Fsp3) is 0.318. The smallest absolute Gasteiger partial charge is 0.229 e. The highest BCUT2D eigenvalue weighted by atomic mass is 16.7. The molecule has 5 atom stereocenters. The Morgan fingerprint density at radius 2 is 1.73 bits per heavy atom. The van der Waals surface area contributed by atoms with Gasteiger partial charge in [0.05, 0.1) is 13.7 Å². The fourth-order valence-corrected chi connectivity index (χ4v) is 3.56. The molecule has 0 aliphatic carbocycles. The lowest BCUT2D eigenvalue weighted by molar-refractivity contribution is -0.277. The molecule has 4 rings (SSSR count). The van der Waals surface area contributed by atoms with Crippen molar-refractivity contribution in [2.24, 2.45) is 0 Å². The van der Waals surface area contributed by atoms with Crippen LogP contribution in [0.4, 0.5) is 0 Å². The van der Waals surface area contributed by atoms with Crippen LogP contribution in [0.1, 0.15) is 0 Å². The second-order valence-electron chi connectivity index (χ2n) is 7.49. The molecule has 11 heteroatoms. The Morgan fingerprint density at radius 3 is 2.42 bits per heavy atom. The van der Waals surface area contributed by atoms with Crippen molar-refractivity contribution in [2.45, 2.75) is 30.7 Å². The van der Waals surface area contributed by atoms with Gasteiger partial charge in [-0.25, -0.2) is 0 Å². The van der Waals surface area contributed by atoms with E-state index >= 15 is 0 Å². The van der Waals surface area contributed by atoms with Gasteiger partial charge in [0.2, 0.25) is 6.29 Å². The van der Waals surface area contributed by atoms with E-state index < -0.39 is 42.7 Å². The molecule has 11 nitrogen and oxygen atoms in total. The van der Waals surface area contributed by atoms with Gasteiger partial charge in [0.25, 0.3) is 0 Å². The maximum atomic E-state index is 12.6. The first-order chi connectivity index (χ1) is 15.7. The molecule has 2 heterocycles. The Balaban J connectivity index is 1.70. The number of hydrogen-bond donors (Lipinski definition) is 6. The van der Waals surface area contributed by atoms with Crippen LogP contribution in [0.5, 0.6) is 23.0 Å². The first kappa shape index (κ1) is 22.8. The lowest BCUT2D eigenvalue weighted by Crippen LogP contribution is -2.60. The van der Waals surface area contributed by atoms with Crippen molar-refractivity contribution in [3.05, 3.63) is 46.6 Å². The van der Waals surface area contributed by atoms with E-state index in [-0.39, 0.29) is 39.7 Å². The number of methoxy groups -OCH3 is 1. The molecular formula is C22H22O11. The molecular weight excluding hydrogens is 440 g/mol. The van der Waals surface area contributed by atoms with E-state index in [2.05, 4.69) is 0 Å². The molecule has 0 saturated carbocycles. The Kier molecular flexibility index (Phi) is 6.15. The largest absolute Gasteiger partial charge is 0.507 e. The minimum atomic E-state index is -1.68. The van der Waals surface area contributed by atoms with Crippen LogP contribution in [0, 0.1) is 0 Å². The summed E-state index contributed by atoms with van der Waals surface area (Å²) in [7, 11) is 1.39. The Morgan fingerprint density at radius 1 is 0.970 bits per heavy atom. The van der Waals surface area contributed by atoms with Crippen LogP contribution >= 0.6 is 0 Å². The van der Waals surface area contributed by atoms with E-state index in [1.807, 2.05) is 0 Å². The maximum absolute atomic E-state index is 12.6. The van der Waals surface area contributed by atoms with Crippen molar-refractivity contribution < 1.29 is 49.3 Å². The maximum Gasteiger partial charge on any atom is 0.229 e. The third-order valence-electron chi connectivity index (χ3n) is 5.35. The molecule has 2 aromatic carbocycles. The van der Waals surface area contributed by atoms with E-state index in [1.165, 1.54) is 37.4 Å². The first-order valence-corrected chi connectivity index (χ1v) is 9.89. The van der Waals surface area contributed by atoms with Crippen molar-refractivity contribution >= 4 is 11.0 Å². The molecule has 0 unspecified atom stereocenters. The Labute approximate surface area is 186 Å². The molecule has 33 heavy (non-hydrogen) atoms. The number of ether oxygens (including phenoxy) is 3. The zero-order valence-corrected chi connectivity index (χ0v) is 17.3. The van der Waals surface area contributed by atoms with E-state index in [0.717, 1.165) is 6.07 Å². The fourth-order valence-electron chi connectivity index (χ4n) is 3.56. The highest BCUT2D eigenvalue weighted by molar-refractivity contribution is 5.86. The number of phenols is 2. The summed E-state index contributed by atoms with van der Waals surface area (Å²) in [6.07, 6.45) is -7.62. The minimum absolute atomic E-state index is 0.0314. The average Bonchev–Trinajstić information content (AvgIpc) is 2.79. The van der Waals surface area contributed by atoms with E-state index in [0.29, 0.717) is 5.56 Å². The minimum Gasteiger partial charge on any atom is -0.507 e. The van der Waals surface area contributed by atoms with Crippen molar-refractivity contribution in [2.75, 3.05) is 13.7 Å². The number of fused-ring (bicyclic) bond motifs is 1. The number of phenolic OH excluding ortho intramolecular Hbond substituents is 2. The summed E-state index contributed by atoms with van der Waals surface area (Å²) < 4.78 is 21.6. The molecule has 0 bridgehead atoms. The summed E-state index contributed by atoms with van der Waals surface area (Å²) in [4.78, 5) is 12.6. The van der Waals surface area contributed by atoms with E-state index in [1.54, 1.807) is 0 Å². The summed E-state index contributed by atoms with van der Waals surface area (Å²) >= 11 is 0. The predicted octanol–water partition coefficient (Wildman–Crippen LogP) is 0.0585. The first-order valence-electron chi connectivity index (χ1n) is 9.89. The van der Waals surface area contributed by atoms with Crippen molar-refractivity contribution in [3.63, 3.8) is 0 Å². The van der Waals surface area contributed by atoms with Gasteiger partial charge in [-0.1, -0.05) is 0 Å². The van der Waals surface area contributed by atoms with Gasteiger partial charge >= 0.3 is 0 Å². The average molecular weight is 462 g/mol. The third kappa shape index (κ3) is 4.19. The Bertz CT molecular complexity index is 1220. The molecule has 0 amide bonds. The SMILES string of the molecule is COc1cc(O)c2c(=O)cc(-c3ccc(O)c(O[C@@H]4O[C@H](CO)[C@@H](O)[C@H](O)[C@H]4O)c3)oc2c1. The van der Waals surface area contributed by atoms with Crippen LogP contribution in [0.3, 0.4) is 0 Å². The van der Waals surface area contributed by atoms with Gasteiger partial charge in [-0.2, -0.15) is 0 Å². The molecule has 1 fully saturated rings. The number of aliphatic hydroxyl groups is 4. The molecule has 6 N–H and O–H groups in total. The zero-order valence-electron chi connectivity index (χ0n) is 17.3. The number of benzene rings is 2. The lowest BCUT2D eigenvalue weighted by Gasteiger charge is -2.39. The van der Waals surface area contributed by atoms with Crippen LogP contribution in [-0.2, 0) is 4.74 Å². The molecule has 0 radical (unpaired) electrons. The normalized spacial score (nSPS) is 25.2. The van der Waals surface area contributed by atoms with Crippen LogP contribution in [-0.4, -0.2) is 75.1 Å². The summed E-state index contributed by atoms with van der Waals surface area (Å²) in [5.74, 6) is -0.482. The van der Waals surface area contributed by atoms with Gasteiger partial charge in [0.1, 0.15) is 52.6 Å². The topological polar surface area (TPSA) is 179 Å². The van der Waals surface area contributed by atoms with Gasteiger partial charge in [0.15, 0.2) is 16.9 Å². The standard InChI is InChI=1S/C22H22O11/c1-30-10-5-12(25)18-13(26)7-14(31-16(18)6-10)9-2-3-11(24)15(4-9)32-22-21(29)20(28)19(27)17(8-23)33-22/h2-7,17,19-25,27-29H,8H2,1H3/t17-,19-,20+,21-,22-/m1/s1. The Hall–Kier alpha value is -3.35. The summed E-state index contributed by atoms with van der Waals surface area (Å²) in [5, 5.41) is 59.6. The highest BCUT2D eigenvalue weighted by Crippen LogP contribution is 2.36. The molecule has 1 aliphatic heterocycles. The monoisotopic (exact) mass is 462 g/mol. The van der Waals surface area contributed by atoms with Crippen LogP contribution < -0.4 is 14.9 Å². The highest BCUT2D eigenvalue weighted by Gasteiger charge is 2.45. The number of rotatable bonds is 5. The summed E-state index contributed by atoms with van der Waals surface area (Å²) in [6.45, 7) is -0.643. The van der Waals surface area contributed by atoms with Gasteiger partial charge in [0, 0.05) is 23.8 Å². The van der Waals surface area contributed by atoms with Gasteiger partial charge < -0.3 is 49.3 Å². The summed E-state index contributed by atoms with van der Waals surface area (Å²) in [6, 6.07) is 7.87. The summed E-state index contributed by atoms with van der Waals surface area (Å²) in [5.41, 5.74) is -0.150. The van der Waals surface area contributed by atoms with Crippen LogP contribution in [0.2, 0.25) is 0 Å². The van der Waals surface area contributed by atoms with E-state index in [9.17, 15) is 35.4 Å². The second kappa shape index (κ2) is 8.89. The van der Waals surface area contributed by atoms with Crippen LogP contribution in [0.15, 0.2) is 45.6 Å². The van der Waals surface area contributed by atoms with E-state index in [4.69, 9.17) is 18.6 Å². The van der Waals surface area contributed by atoms with Gasteiger partial charge in [-0.05, 0) is 18.2 Å². The quantitative estimate of drug-likeness (QED) is 0.302. The third-order valence-corrected chi connectivity index (χ3v) is 5.35. The van der Waals surface area contributed by atoms with Crippen LogP contribution in [0.25, 0.3) is 22.3 Å². The second-order valence-corrected chi connectivity index (χ2v) is 7.49. The van der Waals surface area contributed by atoms with Crippen molar-refractivity contribution in [3.8, 4) is 34.3 Å². The molecule has 1 saturated heterocycles. The van der Waals surface area contributed by atoms with Crippen molar-refractivity contribution in [1.82, 2.24) is 0 Å². The molecule has 1 aliphatic rings. The molecule has 1 aromatic heterocycles. The predicted molar refractivity (Wildman–Crippen MR) is 112 cm³/mol. The number of aliphatic hydroxyl groups excluding tert-OH is 4. The molecule has 176 valence electrons. The number of hydrogen-bond acceptors (Lipinski definition) is 11. The van der Waals surface area contributed by atoms with Crippen molar-refractivity contribution in [1.29, 1.82) is 0 Å². The number of aromatic hydroxyl groups is 2. The lowest BCUT2D eigenvalue weighted by atomic mass is 9.99.